The van der Waals surface area contributed by atoms with Crippen molar-refractivity contribution in [3.63, 3.8) is 0 Å². The Morgan fingerprint density at radius 3 is 2.60 bits per heavy atom. The van der Waals surface area contributed by atoms with Gasteiger partial charge in [0.1, 0.15) is 5.82 Å². The minimum atomic E-state index is -4.60. The van der Waals surface area contributed by atoms with Crippen molar-refractivity contribution < 1.29 is 18.3 Å². The fraction of sp³-hybridized carbons (Fsp3) is 0.529. The molecule has 1 fully saturated rings. The molecule has 136 valence electrons. The van der Waals surface area contributed by atoms with E-state index in [1.54, 1.807) is 18.7 Å². The third kappa shape index (κ3) is 4.00. The Morgan fingerprint density at radius 2 is 1.96 bits per heavy atom. The predicted molar refractivity (Wildman–Crippen MR) is 91.7 cm³/mol. The van der Waals surface area contributed by atoms with Crippen molar-refractivity contribution in [1.29, 1.82) is 0 Å². The molecule has 0 unspecified atom stereocenters. The van der Waals surface area contributed by atoms with E-state index in [0.717, 1.165) is 31.7 Å². The molecule has 3 rings (SSSR count). The Labute approximate surface area is 146 Å². The van der Waals surface area contributed by atoms with Gasteiger partial charge in [-0.1, -0.05) is 6.07 Å². The Bertz CT molecular complexity index is 827. The van der Waals surface area contributed by atoms with E-state index in [4.69, 9.17) is 0 Å². The lowest BCUT2D eigenvalue weighted by Gasteiger charge is -2.24. The number of alkyl halides is 3. The highest BCUT2D eigenvalue weighted by atomic mass is 32.2. The number of hydrogen-bond acceptors (Lipinski definition) is 4. The van der Waals surface area contributed by atoms with Crippen molar-refractivity contribution in [2.75, 3.05) is 0 Å². The lowest BCUT2D eigenvalue weighted by Crippen LogP contribution is -2.21. The average molecular weight is 372 g/mol. The standard InChI is InChI=1S/C17H19F3N2O2S/c1-9-2-7-12(17(18,19)20)14-15(9)21-13(22-16(14)24)8-25-11-5-3-10(23)4-6-11/h2,7,10-11,23H,3-6,8H2,1H3,(H,21,22,24)/t10-,11-. The van der Waals surface area contributed by atoms with Gasteiger partial charge in [0.05, 0.1) is 28.3 Å². The highest BCUT2D eigenvalue weighted by Gasteiger charge is 2.34. The molecule has 0 radical (unpaired) electrons. The fourth-order valence-corrected chi connectivity index (χ4v) is 4.27. The van der Waals surface area contributed by atoms with E-state index in [0.29, 0.717) is 22.4 Å². The number of rotatable bonds is 3. The summed E-state index contributed by atoms with van der Waals surface area (Å²) in [7, 11) is 0. The zero-order chi connectivity index (χ0) is 18.2. The number of aromatic amines is 1. The topological polar surface area (TPSA) is 66.0 Å². The molecule has 25 heavy (non-hydrogen) atoms. The average Bonchev–Trinajstić information content (AvgIpc) is 2.54. The first kappa shape index (κ1) is 18.3. The molecule has 1 aliphatic carbocycles. The number of nitrogens with zero attached hydrogens (tertiary/aromatic N) is 1. The Balaban J connectivity index is 1.89. The van der Waals surface area contributed by atoms with E-state index in [-0.39, 0.29) is 11.6 Å². The number of H-pyrrole nitrogens is 1. The van der Waals surface area contributed by atoms with Crippen LogP contribution in [-0.2, 0) is 11.9 Å². The van der Waals surface area contributed by atoms with Gasteiger partial charge in [-0.05, 0) is 44.2 Å². The summed E-state index contributed by atoms with van der Waals surface area (Å²) in [6.45, 7) is 1.65. The summed E-state index contributed by atoms with van der Waals surface area (Å²) in [6, 6.07) is 2.27. The van der Waals surface area contributed by atoms with Crippen LogP contribution in [0.1, 0.15) is 42.6 Å². The van der Waals surface area contributed by atoms with Crippen LogP contribution in [0.3, 0.4) is 0 Å². The number of halogens is 3. The van der Waals surface area contributed by atoms with Crippen molar-refractivity contribution >= 4 is 22.7 Å². The highest BCUT2D eigenvalue weighted by molar-refractivity contribution is 7.99. The van der Waals surface area contributed by atoms with Crippen LogP contribution >= 0.6 is 11.8 Å². The number of aromatic nitrogens is 2. The van der Waals surface area contributed by atoms with E-state index < -0.39 is 22.7 Å². The number of nitrogens with one attached hydrogen (secondary N) is 1. The van der Waals surface area contributed by atoms with Crippen LogP contribution in [0.15, 0.2) is 16.9 Å². The van der Waals surface area contributed by atoms with Crippen molar-refractivity contribution in [1.82, 2.24) is 9.97 Å². The summed E-state index contributed by atoms with van der Waals surface area (Å²) in [6.07, 6.45) is -1.54. The molecule has 1 aromatic carbocycles. The quantitative estimate of drug-likeness (QED) is 0.860. The lowest BCUT2D eigenvalue weighted by molar-refractivity contribution is -0.136. The number of aliphatic hydroxyl groups excluding tert-OH is 1. The maximum Gasteiger partial charge on any atom is 0.417 e. The van der Waals surface area contributed by atoms with Gasteiger partial charge in [-0.3, -0.25) is 4.79 Å². The van der Waals surface area contributed by atoms with Crippen molar-refractivity contribution in [3.8, 4) is 0 Å². The van der Waals surface area contributed by atoms with Crippen molar-refractivity contribution in [3.05, 3.63) is 39.4 Å². The van der Waals surface area contributed by atoms with Crippen molar-refractivity contribution in [2.24, 2.45) is 0 Å². The predicted octanol–water partition coefficient (Wildman–Crippen LogP) is 3.79. The minimum Gasteiger partial charge on any atom is -0.393 e. The van der Waals surface area contributed by atoms with E-state index >= 15 is 0 Å². The SMILES string of the molecule is Cc1ccc(C(F)(F)F)c2c(=O)[nH]c(CS[C@H]3CC[C@H](O)CC3)nc12. The molecule has 8 heteroatoms. The molecule has 0 atom stereocenters. The largest absolute Gasteiger partial charge is 0.417 e. The van der Waals surface area contributed by atoms with Gasteiger partial charge in [0.15, 0.2) is 0 Å². The zero-order valence-corrected chi connectivity index (χ0v) is 14.5. The van der Waals surface area contributed by atoms with E-state index in [9.17, 15) is 23.1 Å². The Hall–Kier alpha value is -1.54. The number of aryl methyl sites for hydroxylation is 1. The molecule has 1 aliphatic rings. The Kier molecular flexibility index (Phi) is 5.11. The summed E-state index contributed by atoms with van der Waals surface area (Å²) < 4.78 is 39.4. The third-order valence-corrected chi connectivity index (χ3v) is 5.90. The first-order chi connectivity index (χ1) is 11.8. The molecule has 0 aliphatic heterocycles. The molecule has 1 heterocycles. The second kappa shape index (κ2) is 6.99. The van der Waals surface area contributed by atoms with Crippen LogP contribution in [0.25, 0.3) is 10.9 Å². The van der Waals surface area contributed by atoms with E-state index in [1.165, 1.54) is 6.07 Å². The van der Waals surface area contributed by atoms with Gasteiger partial charge >= 0.3 is 6.18 Å². The van der Waals surface area contributed by atoms with Gasteiger partial charge in [-0.15, -0.1) is 0 Å². The van der Waals surface area contributed by atoms with Gasteiger partial charge < -0.3 is 10.1 Å². The fourth-order valence-electron chi connectivity index (χ4n) is 3.14. The molecule has 0 saturated heterocycles. The first-order valence-corrected chi connectivity index (χ1v) is 9.20. The minimum absolute atomic E-state index is 0.105. The zero-order valence-electron chi connectivity index (χ0n) is 13.7. The monoisotopic (exact) mass is 372 g/mol. The molecule has 0 bridgehead atoms. The number of fused-ring (bicyclic) bond motifs is 1. The smallest absolute Gasteiger partial charge is 0.393 e. The second-order valence-electron chi connectivity index (χ2n) is 6.41. The summed E-state index contributed by atoms with van der Waals surface area (Å²) in [4.78, 5) is 19.1. The van der Waals surface area contributed by atoms with Crippen LogP contribution < -0.4 is 5.56 Å². The number of benzene rings is 1. The van der Waals surface area contributed by atoms with E-state index in [2.05, 4.69) is 9.97 Å². The number of thioether (sulfide) groups is 1. The van der Waals surface area contributed by atoms with Gasteiger partial charge in [0.2, 0.25) is 0 Å². The van der Waals surface area contributed by atoms with Gasteiger partial charge in [-0.25, -0.2) is 4.98 Å². The Morgan fingerprint density at radius 1 is 1.28 bits per heavy atom. The molecular formula is C17H19F3N2O2S. The third-order valence-electron chi connectivity index (χ3n) is 4.52. The lowest BCUT2D eigenvalue weighted by atomic mass is 9.97. The van der Waals surface area contributed by atoms with Gasteiger partial charge in [0, 0.05) is 5.25 Å². The molecule has 0 amide bonds. The maximum atomic E-state index is 13.1. The van der Waals surface area contributed by atoms with Crippen LogP contribution in [0.2, 0.25) is 0 Å². The normalized spacial score (nSPS) is 21.6. The molecule has 0 spiro atoms. The molecule has 1 saturated carbocycles. The van der Waals surface area contributed by atoms with Gasteiger partial charge in [-0.2, -0.15) is 24.9 Å². The van der Waals surface area contributed by atoms with E-state index in [1.807, 2.05) is 0 Å². The molecule has 4 nitrogen and oxygen atoms in total. The summed E-state index contributed by atoms with van der Waals surface area (Å²) in [5.74, 6) is 0.817. The number of aliphatic hydroxyl groups is 1. The summed E-state index contributed by atoms with van der Waals surface area (Å²) in [5.41, 5.74) is -1.06. The van der Waals surface area contributed by atoms with Crippen LogP contribution in [0.5, 0.6) is 0 Å². The molecule has 2 N–H and O–H groups in total. The molecule has 2 aromatic rings. The second-order valence-corrected chi connectivity index (χ2v) is 7.69. The van der Waals surface area contributed by atoms with Crippen LogP contribution in [0, 0.1) is 6.92 Å². The van der Waals surface area contributed by atoms with Gasteiger partial charge in [0.25, 0.3) is 5.56 Å². The van der Waals surface area contributed by atoms with Crippen molar-refractivity contribution in [2.45, 2.75) is 55.9 Å². The number of hydrogen-bond donors (Lipinski definition) is 2. The summed E-state index contributed by atoms with van der Waals surface area (Å²) >= 11 is 1.62. The molecular weight excluding hydrogens is 353 g/mol. The van der Waals surface area contributed by atoms with Crippen LogP contribution in [0.4, 0.5) is 13.2 Å². The first-order valence-electron chi connectivity index (χ1n) is 8.15. The van der Waals surface area contributed by atoms with Crippen LogP contribution in [-0.4, -0.2) is 26.4 Å². The summed E-state index contributed by atoms with van der Waals surface area (Å²) in [5, 5.41) is 9.49. The molecule has 1 aromatic heterocycles. The maximum absolute atomic E-state index is 13.1. The highest BCUT2D eigenvalue weighted by Crippen LogP contribution is 2.34.